The summed E-state index contributed by atoms with van der Waals surface area (Å²) in [7, 11) is 0. The highest BCUT2D eigenvalue weighted by Gasteiger charge is 2.36. The summed E-state index contributed by atoms with van der Waals surface area (Å²) >= 11 is 0. The molecule has 3 rings (SSSR count). The molecule has 0 atom stereocenters. The molecule has 1 aliphatic heterocycles. The van der Waals surface area contributed by atoms with Crippen LogP contribution in [0, 0.1) is 5.92 Å². The first kappa shape index (κ1) is 13.1. The van der Waals surface area contributed by atoms with E-state index in [0.717, 1.165) is 12.5 Å². The maximum Gasteiger partial charge on any atom is 0.263 e. The third-order valence-electron chi connectivity index (χ3n) is 3.75. The van der Waals surface area contributed by atoms with Crippen molar-refractivity contribution < 1.29 is 14.3 Å². The second kappa shape index (κ2) is 5.25. The van der Waals surface area contributed by atoms with Gasteiger partial charge >= 0.3 is 0 Å². The van der Waals surface area contributed by atoms with Gasteiger partial charge in [0.1, 0.15) is 0 Å². The molecule has 0 saturated heterocycles. The molecule has 1 heterocycles. The largest absolute Gasteiger partial charge is 0.398 e. The van der Waals surface area contributed by atoms with Crippen LogP contribution in [0.5, 0.6) is 0 Å². The first-order valence-electron chi connectivity index (χ1n) is 7.01. The van der Waals surface area contributed by atoms with E-state index in [9.17, 15) is 9.59 Å². The Kier molecular flexibility index (Phi) is 3.44. The van der Waals surface area contributed by atoms with E-state index in [1.165, 1.54) is 17.7 Å². The second-order valence-corrected chi connectivity index (χ2v) is 5.40. The lowest BCUT2D eigenvalue weighted by Crippen LogP contribution is -2.31. The van der Waals surface area contributed by atoms with Gasteiger partial charge in [0.25, 0.3) is 11.8 Å². The summed E-state index contributed by atoms with van der Waals surface area (Å²) in [5.41, 5.74) is 6.90. The van der Waals surface area contributed by atoms with Crippen LogP contribution < -0.4 is 5.73 Å². The summed E-state index contributed by atoms with van der Waals surface area (Å²) in [6.45, 7) is 1.77. The highest BCUT2D eigenvalue weighted by atomic mass is 16.5. The number of imide groups is 1. The minimum Gasteiger partial charge on any atom is -0.398 e. The number of carbonyl (C=O) groups is 2. The van der Waals surface area contributed by atoms with E-state index in [1.54, 1.807) is 18.2 Å². The molecular weight excluding hydrogens is 256 g/mol. The molecule has 1 aromatic rings. The molecule has 0 aromatic heterocycles. The molecule has 5 heteroatoms. The number of hydrogen-bond acceptors (Lipinski definition) is 4. The van der Waals surface area contributed by atoms with Gasteiger partial charge in [-0.25, -0.2) is 0 Å². The summed E-state index contributed by atoms with van der Waals surface area (Å²) in [5.74, 6) is 0.193. The predicted octanol–water partition coefficient (Wildman–Crippen LogP) is 1.68. The zero-order valence-electron chi connectivity index (χ0n) is 11.3. The minimum absolute atomic E-state index is 0.250. The first-order chi connectivity index (χ1) is 9.68. The van der Waals surface area contributed by atoms with Crippen molar-refractivity contribution in [1.82, 2.24) is 4.90 Å². The van der Waals surface area contributed by atoms with Crippen LogP contribution in [0.4, 0.5) is 5.69 Å². The molecule has 1 saturated carbocycles. The fraction of sp³-hybridized carbons (Fsp3) is 0.467. The van der Waals surface area contributed by atoms with Gasteiger partial charge in [0.15, 0.2) is 0 Å². The normalized spacial score (nSPS) is 17.7. The fourth-order valence-electron chi connectivity index (χ4n) is 2.42. The number of benzene rings is 1. The Balaban J connectivity index is 1.57. The Morgan fingerprint density at radius 2 is 2.05 bits per heavy atom. The van der Waals surface area contributed by atoms with Gasteiger partial charge in [-0.15, -0.1) is 0 Å². The van der Waals surface area contributed by atoms with Crippen LogP contribution in [-0.4, -0.2) is 36.5 Å². The molecule has 20 heavy (non-hydrogen) atoms. The van der Waals surface area contributed by atoms with Gasteiger partial charge in [0, 0.05) is 25.4 Å². The molecule has 106 valence electrons. The Morgan fingerprint density at radius 1 is 1.25 bits per heavy atom. The van der Waals surface area contributed by atoms with Gasteiger partial charge in [0.2, 0.25) is 0 Å². The lowest BCUT2D eigenvalue weighted by atomic mass is 10.1. The molecule has 2 amide bonds. The average Bonchev–Trinajstić information content (AvgIpc) is 3.21. The van der Waals surface area contributed by atoms with E-state index in [1.807, 2.05) is 0 Å². The predicted molar refractivity (Wildman–Crippen MR) is 74.4 cm³/mol. The van der Waals surface area contributed by atoms with Crippen LogP contribution in [0.1, 0.15) is 40.0 Å². The number of fused-ring (bicyclic) bond motifs is 1. The molecule has 2 aliphatic rings. The summed E-state index contributed by atoms with van der Waals surface area (Å²) in [4.78, 5) is 25.6. The summed E-state index contributed by atoms with van der Waals surface area (Å²) in [6.07, 6.45) is 3.19. The molecule has 0 spiro atoms. The number of carbonyl (C=O) groups excluding carboxylic acids is 2. The van der Waals surface area contributed by atoms with E-state index in [2.05, 4.69) is 0 Å². The van der Waals surface area contributed by atoms with Crippen LogP contribution in [-0.2, 0) is 4.74 Å². The molecule has 5 nitrogen and oxygen atoms in total. The zero-order chi connectivity index (χ0) is 14.1. The lowest BCUT2D eigenvalue weighted by molar-refractivity contribution is 0.0623. The summed E-state index contributed by atoms with van der Waals surface area (Å²) in [6, 6.07) is 4.99. The Labute approximate surface area is 117 Å². The monoisotopic (exact) mass is 274 g/mol. The Bertz CT molecular complexity index is 552. The number of hydrogen-bond donors (Lipinski definition) is 1. The highest BCUT2D eigenvalue weighted by Crippen LogP contribution is 2.29. The topological polar surface area (TPSA) is 72.6 Å². The van der Waals surface area contributed by atoms with Crippen LogP contribution in [0.3, 0.4) is 0 Å². The van der Waals surface area contributed by atoms with Crippen molar-refractivity contribution >= 4 is 17.5 Å². The molecule has 0 unspecified atom stereocenters. The first-order valence-corrected chi connectivity index (χ1v) is 7.01. The van der Waals surface area contributed by atoms with Crippen molar-refractivity contribution in [3.8, 4) is 0 Å². The van der Waals surface area contributed by atoms with E-state index < -0.39 is 0 Å². The number of amides is 2. The van der Waals surface area contributed by atoms with E-state index in [0.29, 0.717) is 36.4 Å². The zero-order valence-corrected chi connectivity index (χ0v) is 11.3. The van der Waals surface area contributed by atoms with Crippen LogP contribution in [0.15, 0.2) is 18.2 Å². The molecule has 0 bridgehead atoms. The molecule has 2 N–H and O–H groups in total. The van der Waals surface area contributed by atoms with Crippen LogP contribution in [0.2, 0.25) is 0 Å². The third-order valence-corrected chi connectivity index (χ3v) is 3.75. The molecular formula is C15H18N2O3. The van der Waals surface area contributed by atoms with Gasteiger partial charge in [0.05, 0.1) is 11.1 Å². The SMILES string of the molecule is Nc1cccc2c1C(=O)N(CCCOCC1CC1)C2=O. The quantitative estimate of drug-likeness (QED) is 0.486. The summed E-state index contributed by atoms with van der Waals surface area (Å²) in [5, 5.41) is 0. The number of rotatable bonds is 6. The van der Waals surface area contributed by atoms with E-state index >= 15 is 0 Å². The highest BCUT2D eigenvalue weighted by molar-refractivity contribution is 6.23. The van der Waals surface area contributed by atoms with E-state index in [4.69, 9.17) is 10.5 Å². The minimum atomic E-state index is -0.287. The average molecular weight is 274 g/mol. The van der Waals surface area contributed by atoms with Gasteiger partial charge in [-0.05, 0) is 37.3 Å². The van der Waals surface area contributed by atoms with Crippen molar-refractivity contribution in [2.45, 2.75) is 19.3 Å². The maximum atomic E-state index is 12.2. The number of nitrogen functional groups attached to an aromatic ring is 1. The molecule has 1 aromatic carbocycles. The standard InChI is InChI=1S/C15H18N2O3/c16-12-4-1-3-11-13(12)15(19)17(14(11)18)7-2-8-20-9-10-5-6-10/h1,3-4,10H,2,5-9,16H2. The number of ether oxygens (including phenoxy) is 1. The lowest BCUT2D eigenvalue weighted by Gasteiger charge is -2.13. The van der Waals surface area contributed by atoms with Gasteiger partial charge in [-0.2, -0.15) is 0 Å². The smallest absolute Gasteiger partial charge is 0.263 e. The number of nitrogens with zero attached hydrogens (tertiary/aromatic N) is 1. The van der Waals surface area contributed by atoms with Crippen molar-refractivity contribution in [1.29, 1.82) is 0 Å². The van der Waals surface area contributed by atoms with Crippen molar-refractivity contribution in [3.63, 3.8) is 0 Å². The van der Waals surface area contributed by atoms with Crippen molar-refractivity contribution in [2.75, 3.05) is 25.5 Å². The molecule has 0 radical (unpaired) electrons. The fourth-order valence-corrected chi connectivity index (χ4v) is 2.42. The van der Waals surface area contributed by atoms with Crippen molar-refractivity contribution in [3.05, 3.63) is 29.3 Å². The number of nitrogens with two attached hydrogens (primary N) is 1. The van der Waals surface area contributed by atoms with Gasteiger partial charge in [-0.3, -0.25) is 14.5 Å². The van der Waals surface area contributed by atoms with Gasteiger partial charge in [-0.1, -0.05) is 6.07 Å². The van der Waals surface area contributed by atoms with Crippen molar-refractivity contribution in [2.24, 2.45) is 5.92 Å². The molecule has 1 fully saturated rings. The van der Waals surface area contributed by atoms with Crippen LogP contribution in [0.25, 0.3) is 0 Å². The van der Waals surface area contributed by atoms with Crippen LogP contribution >= 0.6 is 0 Å². The Morgan fingerprint density at radius 3 is 2.75 bits per heavy atom. The number of anilines is 1. The molecule has 1 aliphatic carbocycles. The van der Waals surface area contributed by atoms with Gasteiger partial charge < -0.3 is 10.5 Å². The third kappa shape index (κ3) is 2.41. The summed E-state index contributed by atoms with van der Waals surface area (Å²) < 4.78 is 5.51. The Hall–Kier alpha value is -1.88. The second-order valence-electron chi connectivity index (χ2n) is 5.40. The maximum absolute atomic E-state index is 12.2. The van der Waals surface area contributed by atoms with E-state index in [-0.39, 0.29) is 11.8 Å².